The van der Waals surface area contributed by atoms with Crippen molar-refractivity contribution < 1.29 is 34.5 Å². The lowest BCUT2D eigenvalue weighted by atomic mass is 10.1. The molecule has 10 nitrogen and oxygen atoms in total. The van der Waals surface area contributed by atoms with Crippen LogP contribution in [0.25, 0.3) is 0 Å². The molecule has 1 saturated heterocycles. The molecule has 1 rings (SSSR count). The maximum Gasteiger partial charge on any atom is 0.326 e. The van der Waals surface area contributed by atoms with Gasteiger partial charge >= 0.3 is 11.9 Å². The molecule has 0 radical (unpaired) electrons. The van der Waals surface area contributed by atoms with Crippen LogP contribution in [0.1, 0.15) is 25.7 Å². The Labute approximate surface area is 132 Å². The first-order valence-corrected chi connectivity index (χ1v) is 7.19. The first kappa shape index (κ1) is 18.8. The second-order valence-corrected chi connectivity index (χ2v) is 5.31. The first-order valence-electron chi connectivity index (χ1n) is 7.19. The Morgan fingerprint density at radius 2 is 1.91 bits per heavy atom. The van der Waals surface area contributed by atoms with Crippen molar-refractivity contribution in [2.45, 2.75) is 43.8 Å². The highest BCUT2D eigenvalue weighted by molar-refractivity contribution is 5.92. The normalized spacial score (nSPS) is 19.9. The molecule has 0 saturated carbocycles. The van der Waals surface area contributed by atoms with Crippen LogP contribution in [0.3, 0.4) is 0 Å². The van der Waals surface area contributed by atoms with Crippen molar-refractivity contribution in [2.24, 2.45) is 5.73 Å². The van der Waals surface area contributed by atoms with Gasteiger partial charge in [-0.1, -0.05) is 0 Å². The molecule has 0 aromatic carbocycles. The number of aliphatic carboxylic acids is 2. The van der Waals surface area contributed by atoms with E-state index in [2.05, 4.69) is 5.32 Å². The maximum absolute atomic E-state index is 12.3. The molecule has 0 aromatic heterocycles. The molecule has 1 aliphatic heterocycles. The lowest BCUT2D eigenvalue weighted by molar-refractivity contribution is -0.149. The molecular weight excluding hydrogens is 310 g/mol. The summed E-state index contributed by atoms with van der Waals surface area (Å²) in [4.78, 5) is 46.7. The number of rotatable bonds is 8. The number of nitrogens with one attached hydrogen (secondary N) is 1. The number of hydrogen-bond acceptors (Lipinski definition) is 6. The molecule has 10 heteroatoms. The molecule has 0 aromatic rings. The summed E-state index contributed by atoms with van der Waals surface area (Å²) in [6, 6.07) is -3.42. The minimum Gasteiger partial charge on any atom is -0.481 e. The van der Waals surface area contributed by atoms with Crippen molar-refractivity contribution >= 4 is 23.8 Å². The predicted octanol–water partition coefficient (Wildman–Crippen LogP) is -2.27. The second kappa shape index (κ2) is 8.44. The summed E-state index contributed by atoms with van der Waals surface area (Å²) in [5, 5.41) is 29.1. The van der Waals surface area contributed by atoms with Gasteiger partial charge in [-0.3, -0.25) is 14.4 Å². The minimum atomic E-state index is -1.31. The molecule has 0 aliphatic carbocycles. The number of carbonyl (C=O) groups excluding carboxylic acids is 2. The van der Waals surface area contributed by atoms with Gasteiger partial charge in [0, 0.05) is 13.0 Å². The summed E-state index contributed by atoms with van der Waals surface area (Å²) in [6.07, 6.45) is 0.409. The van der Waals surface area contributed by atoms with Crippen LogP contribution in [0.5, 0.6) is 0 Å². The number of nitrogens with zero attached hydrogens (tertiary/aromatic N) is 1. The van der Waals surface area contributed by atoms with Crippen LogP contribution in [0.2, 0.25) is 0 Å². The SMILES string of the molecule is N[C@@H](CCC(=O)O)C(=O)N[C@@H](CO)C(=O)N1CCC[C@H]1C(=O)O. The fraction of sp³-hybridized carbons (Fsp3) is 0.692. The van der Waals surface area contributed by atoms with Crippen LogP contribution in [-0.4, -0.2) is 75.2 Å². The average molecular weight is 331 g/mol. The van der Waals surface area contributed by atoms with Crippen LogP contribution in [0.4, 0.5) is 0 Å². The molecule has 2 amide bonds. The highest BCUT2D eigenvalue weighted by Crippen LogP contribution is 2.18. The minimum absolute atomic E-state index is 0.116. The van der Waals surface area contributed by atoms with Gasteiger partial charge in [0.2, 0.25) is 11.8 Å². The lowest BCUT2D eigenvalue weighted by Gasteiger charge is -2.27. The summed E-state index contributed by atoms with van der Waals surface area (Å²) in [5.74, 6) is -3.72. The summed E-state index contributed by atoms with van der Waals surface area (Å²) < 4.78 is 0. The maximum atomic E-state index is 12.3. The predicted molar refractivity (Wildman–Crippen MR) is 76.2 cm³/mol. The Morgan fingerprint density at radius 3 is 2.43 bits per heavy atom. The molecule has 1 fully saturated rings. The summed E-state index contributed by atoms with van der Waals surface area (Å²) in [5.41, 5.74) is 5.52. The van der Waals surface area contributed by atoms with Gasteiger partial charge in [-0.05, 0) is 19.3 Å². The third-order valence-electron chi connectivity index (χ3n) is 3.62. The van der Waals surface area contributed by atoms with Crippen LogP contribution < -0.4 is 11.1 Å². The number of likely N-dealkylation sites (tertiary alicyclic amines) is 1. The Balaban J connectivity index is 2.65. The van der Waals surface area contributed by atoms with E-state index in [0.717, 1.165) is 4.90 Å². The zero-order chi connectivity index (χ0) is 17.6. The molecule has 0 unspecified atom stereocenters. The van der Waals surface area contributed by atoms with E-state index >= 15 is 0 Å². The van der Waals surface area contributed by atoms with Gasteiger partial charge in [-0.15, -0.1) is 0 Å². The van der Waals surface area contributed by atoms with Gasteiger partial charge < -0.3 is 31.3 Å². The molecule has 1 heterocycles. The van der Waals surface area contributed by atoms with Crippen molar-refractivity contribution in [1.82, 2.24) is 10.2 Å². The van der Waals surface area contributed by atoms with Gasteiger partial charge in [0.1, 0.15) is 12.1 Å². The fourth-order valence-corrected chi connectivity index (χ4v) is 2.36. The Hall–Kier alpha value is -2.20. The van der Waals surface area contributed by atoms with Gasteiger partial charge in [0.05, 0.1) is 12.6 Å². The molecule has 6 N–H and O–H groups in total. The summed E-state index contributed by atoms with van der Waals surface area (Å²) in [7, 11) is 0. The number of aliphatic hydroxyl groups is 1. The van der Waals surface area contributed by atoms with E-state index in [1.807, 2.05) is 0 Å². The fourth-order valence-electron chi connectivity index (χ4n) is 2.36. The first-order chi connectivity index (χ1) is 10.8. The van der Waals surface area contributed by atoms with E-state index in [-0.39, 0.29) is 19.4 Å². The number of amides is 2. The monoisotopic (exact) mass is 331 g/mol. The average Bonchev–Trinajstić information content (AvgIpc) is 2.98. The Morgan fingerprint density at radius 1 is 1.26 bits per heavy atom. The smallest absolute Gasteiger partial charge is 0.326 e. The zero-order valence-corrected chi connectivity index (χ0v) is 12.5. The molecular formula is C13H21N3O7. The van der Waals surface area contributed by atoms with Crippen molar-refractivity contribution in [3.8, 4) is 0 Å². The van der Waals surface area contributed by atoms with Gasteiger partial charge in [-0.25, -0.2) is 4.79 Å². The highest BCUT2D eigenvalue weighted by atomic mass is 16.4. The van der Waals surface area contributed by atoms with Crippen molar-refractivity contribution in [1.29, 1.82) is 0 Å². The van der Waals surface area contributed by atoms with Crippen LogP contribution >= 0.6 is 0 Å². The number of hydrogen-bond donors (Lipinski definition) is 5. The number of carbonyl (C=O) groups is 4. The third kappa shape index (κ3) is 5.18. The van der Waals surface area contributed by atoms with E-state index in [0.29, 0.717) is 12.8 Å². The molecule has 130 valence electrons. The standard InChI is InChI=1S/C13H21N3O7/c14-7(3-4-10(18)19)11(20)15-8(6-17)12(21)16-5-1-2-9(16)13(22)23/h7-9,17H,1-6,14H2,(H,15,20)(H,18,19)(H,22,23)/t7-,8-,9-/m0/s1. The highest BCUT2D eigenvalue weighted by Gasteiger charge is 2.37. The summed E-state index contributed by atoms with van der Waals surface area (Å²) >= 11 is 0. The number of carboxylic acid groups (broad SMARTS) is 2. The van der Waals surface area contributed by atoms with E-state index in [9.17, 15) is 24.3 Å². The van der Waals surface area contributed by atoms with Gasteiger partial charge in [-0.2, -0.15) is 0 Å². The summed E-state index contributed by atoms with van der Waals surface area (Å²) in [6.45, 7) is -0.480. The molecule has 3 atom stereocenters. The number of nitrogens with two attached hydrogens (primary N) is 1. The molecule has 1 aliphatic rings. The van der Waals surface area contributed by atoms with E-state index in [1.54, 1.807) is 0 Å². The van der Waals surface area contributed by atoms with Gasteiger partial charge in [0.25, 0.3) is 0 Å². The van der Waals surface area contributed by atoms with E-state index < -0.39 is 48.5 Å². The topological polar surface area (TPSA) is 170 Å². The quantitative estimate of drug-likeness (QED) is 0.331. The largest absolute Gasteiger partial charge is 0.481 e. The van der Waals surface area contributed by atoms with Crippen LogP contribution in [0.15, 0.2) is 0 Å². The Kier molecular flexibility index (Phi) is 6.91. The second-order valence-electron chi connectivity index (χ2n) is 5.31. The van der Waals surface area contributed by atoms with Crippen molar-refractivity contribution in [2.75, 3.05) is 13.2 Å². The molecule has 23 heavy (non-hydrogen) atoms. The zero-order valence-electron chi connectivity index (χ0n) is 12.5. The molecule has 0 bridgehead atoms. The number of aliphatic hydroxyl groups excluding tert-OH is 1. The van der Waals surface area contributed by atoms with Gasteiger partial charge in [0.15, 0.2) is 0 Å². The van der Waals surface area contributed by atoms with E-state index in [1.165, 1.54) is 0 Å². The lowest BCUT2D eigenvalue weighted by Crippen LogP contribution is -2.55. The van der Waals surface area contributed by atoms with E-state index in [4.69, 9.17) is 15.9 Å². The van der Waals surface area contributed by atoms with Crippen molar-refractivity contribution in [3.63, 3.8) is 0 Å². The number of carboxylic acids is 2. The Bertz CT molecular complexity index is 482. The van der Waals surface area contributed by atoms with Crippen molar-refractivity contribution in [3.05, 3.63) is 0 Å². The molecule has 0 spiro atoms. The van der Waals surface area contributed by atoms with Crippen LogP contribution in [0, 0.1) is 0 Å². The third-order valence-corrected chi connectivity index (χ3v) is 3.62. The van der Waals surface area contributed by atoms with Crippen LogP contribution in [-0.2, 0) is 19.2 Å².